The Kier molecular flexibility index (Phi) is 8.31. The lowest BCUT2D eigenvalue weighted by molar-refractivity contribution is 0.103. The minimum absolute atomic E-state index is 0.119. The van der Waals surface area contributed by atoms with Gasteiger partial charge in [-0.05, 0) is 61.0 Å². The van der Waals surface area contributed by atoms with E-state index in [9.17, 15) is 17.6 Å². The number of hydrogen-bond acceptors (Lipinski definition) is 9. The molecule has 2 aromatic heterocycles. The third-order valence-corrected chi connectivity index (χ3v) is 10.2. The number of sulfonamides is 1. The maximum Gasteiger partial charge on any atom is 0.214 e. The van der Waals surface area contributed by atoms with Crippen LogP contribution in [-0.4, -0.2) is 92.0 Å². The highest BCUT2D eigenvalue weighted by atomic mass is 32.2. The number of ketones is 1. The second kappa shape index (κ2) is 12.6. The average Bonchev–Trinajstić information content (AvgIpc) is 3.68. The molecule has 2 aliphatic heterocycles. The molecule has 7 rings (SSSR count). The summed E-state index contributed by atoms with van der Waals surface area (Å²) in [5.74, 6) is -0.00861. The fourth-order valence-electron chi connectivity index (χ4n) is 6.30. The third kappa shape index (κ3) is 6.09. The summed E-state index contributed by atoms with van der Waals surface area (Å²) in [6.07, 6.45) is 2.70. The molecule has 3 N–H and O–H groups in total. The molecule has 2 saturated heterocycles. The Labute approximate surface area is 277 Å². The molecule has 0 radical (unpaired) electrons. The summed E-state index contributed by atoms with van der Waals surface area (Å²) < 4.78 is 52.7. The van der Waals surface area contributed by atoms with Crippen LogP contribution in [0.25, 0.3) is 16.6 Å². The van der Waals surface area contributed by atoms with Gasteiger partial charge in [-0.2, -0.15) is 9.40 Å². The maximum atomic E-state index is 14.1. The summed E-state index contributed by atoms with van der Waals surface area (Å²) in [4.78, 5) is 21.6. The van der Waals surface area contributed by atoms with Crippen LogP contribution in [-0.2, 0) is 14.8 Å². The van der Waals surface area contributed by atoms with Crippen LogP contribution in [0.1, 0.15) is 21.6 Å². The number of hydrogen-bond donors (Lipinski definition) is 2. The summed E-state index contributed by atoms with van der Waals surface area (Å²) in [5, 5.41) is 5.30. The molecule has 48 heavy (non-hydrogen) atoms. The van der Waals surface area contributed by atoms with Gasteiger partial charge in [-0.25, -0.2) is 17.5 Å². The van der Waals surface area contributed by atoms with E-state index in [-0.39, 0.29) is 22.9 Å². The Bertz CT molecular complexity index is 2120. The first-order chi connectivity index (χ1) is 23.1. The topological polar surface area (TPSA) is 139 Å². The van der Waals surface area contributed by atoms with Crippen LogP contribution in [0.15, 0.2) is 66.9 Å². The summed E-state index contributed by atoms with van der Waals surface area (Å²) >= 11 is 0. The number of H-pyrrole nitrogens is 1. The van der Waals surface area contributed by atoms with Crippen LogP contribution in [0.4, 0.5) is 21.6 Å². The quantitative estimate of drug-likeness (QED) is 0.231. The molecule has 14 heteroatoms. The van der Waals surface area contributed by atoms with E-state index >= 15 is 0 Å². The number of fused-ring (bicyclic) bond motifs is 1. The van der Waals surface area contributed by atoms with Gasteiger partial charge >= 0.3 is 0 Å². The molecule has 2 aliphatic rings. The van der Waals surface area contributed by atoms with E-state index in [0.29, 0.717) is 56.5 Å². The Hall–Kier alpha value is -4.92. The molecule has 3 aromatic carbocycles. The molecule has 250 valence electrons. The van der Waals surface area contributed by atoms with Crippen LogP contribution in [0.5, 0.6) is 11.5 Å². The van der Waals surface area contributed by atoms with Gasteiger partial charge in [0.2, 0.25) is 15.8 Å². The monoisotopic (exact) mass is 673 g/mol. The van der Waals surface area contributed by atoms with Gasteiger partial charge in [-0.3, -0.25) is 4.79 Å². The number of nitrogens with zero attached hydrogens (tertiary/aromatic N) is 5. The predicted molar refractivity (Wildman–Crippen MR) is 183 cm³/mol. The highest BCUT2D eigenvalue weighted by Crippen LogP contribution is 2.36. The largest absolute Gasteiger partial charge is 0.454 e. The third-order valence-electron chi connectivity index (χ3n) is 8.87. The molecule has 4 heterocycles. The number of carbonyl (C=O) groups is 1. The lowest BCUT2D eigenvalue weighted by atomic mass is 10.1. The Morgan fingerprint density at radius 1 is 0.938 bits per heavy atom. The Balaban J connectivity index is 1.17. The van der Waals surface area contributed by atoms with E-state index in [2.05, 4.69) is 25.9 Å². The number of halogens is 1. The molecule has 0 saturated carbocycles. The predicted octanol–water partition coefficient (Wildman–Crippen LogP) is 4.32. The van der Waals surface area contributed by atoms with Crippen LogP contribution in [0.2, 0.25) is 0 Å². The van der Waals surface area contributed by atoms with E-state index in [1.54, 1.807) is 36.4 Å². The summed E-state index contributed by atoms with van der Waals surface area (Å²) in [7, 11) is -3.27. The number of piperazine rings is 1. The molecule has 0 atom stereocenters. The van der Waals surface area contributed by atoms with Gasteiger partial charge in [0.1, 0.15) is 11.6 Å². The van der Waals surface area contributed by atoms with E-state index in [1.165, 1.54) is 27.5 Å². The maximum absolute atomic E-state index is 14.1. The number of aromatic amines is 1. The highest BCUT2D eigenvalue weighted by molar-refractivity contribution is 7.88. The molecule has 0 bridgehead atoms. The first kappa shape index (κ1) is 31.7. The number of para-hydroxylation sites is 1. The zero-order chi connectivity index (χ0) is 33.6. The molecule has 0 aliphatic carbocycles. The number of aryl methyl sites for hydroxylation is 1. The van der Waals surface area contributed by atoms with Gasteiger partial charge in [0, 0.05) is 50.2 Å². The first-order valence-corrected chi connectivity index (χ1v) is 17.5. The SMILES string of the molecule is Cc1cc(Oc2ccccc2F)ccc1-n1ncc(C(=O)c2cc3cc(N4CCOCC4)c(N4CCN(S(C)(=O)=O)CC4)cc3[nH]2)c1N. The average molecular weight is 674 g/mol. The van der Waals surface area contributed by atoms with Gasteiger partial charge in [-0.15, -0.1) is 0 Å². The van der Waals surface area contributed by atoms with Crippen LogP contribution >= 0.6 is 0 Å². The molecule has 12 nitrogen and oxygen atoms in total. The fourth-order valence-corrected chi connectivity index (χ4v) is 7.13. The van der Waals surface area contributed by atoms with Gasteiger partial charge in [0.25, 0.3) is 0 Å². The van der Waals surface area contributed by atoms with E-state index < -0.39 is 15.8 Å². The normalized spacial score (nSPS) is 16.1. The fraction of sp³-hybridized carbons (Fsp3) is 0.294. The molecule has 2 fully saturated rings. The van der Waals surface area contributed by atoms with Crippen LogP contribution in [0.3, 0.4) is 0 Å². The van der Waals surface area contributed by atoms with Crippen molar-refractivity contribution in [2.24, 2.45) is 0 Å². The number of nitrogens with one attached hydrogen (secondary N) is 1. The molecule has 0 amide bonds. The van der Waals surface area contributed by atoms with Crippen molar-refractivity contribution in [1.82, 2.24) is 19.1 Å². The van der Waals surface area contributed by atoms with Crippen molar-refractivity contribution in [2.75, 3.05) is 74.3 Å². The number of aromatic nitrogens is 3. The summed E-state index contributed by atoms with van der Waals surface area (Å²) in [6, 6.07) is 17.3. The number of morpholine rings is 1. The zero-order valence-corrected chi connectivity index (χ0v) is 27.5. The number of nitrogens with two attached hydrogens (primary N) is 1. The number of carbonyl (C=O) groups excluding carboxylic acids is 1. The first-order valence-electron chi connectivity index (χ1n) is 15.7. The van der Waals surface area contributed by atoms with Crippen molar-refractivity contribution in [3.63, 3.8) is 0 Å². The second-order valence-electron chi connectivity index (χ2n) is 12.0. The van der Waals surface area contributed by atoms with E-state index in [4.69, 9.17) is 15.2 Å². The zero-order valence-electron chi connectivity index (χ0n) is 26.6. The molecule has 0 spiro atoms. The van der Waals surface area contributed by atoms with Crippen molar-refractivity contribution in [3.8, 4) is 17.2 Å². The van der Waals surface area contributed by atoms with E-state index in [1.807, 2.05) is 19.1 Å². The van der Waals surface area contributed by atoms with Gasteiger partial charge in [0.15, 0.2) is 11.6 Å². The standard InChI is InChI=1S/C34H36FN7O5S/c1-22-17-24(47-32-6-4-3-5-26(32)35)7-8-29(22)42-34(36)25(21-37-42)33(43)28-18-23-19-30(40-13-15-46-16-14-40)31(20-27(23)38-28)39-9-11-41(12-10-39)48(2,44)45/h3-8,17-21,38H,9-16,36H2,1-2H3. The van der Waals surface area contributed by atoms with Gasteiger partial charge in [0.05, 0.1) is 54.0 Å². The molecule has 0 unspecified atom stereocenters. The van der Waals surface area contributed by atoms with Crippen molar-refractivity contribution < 1.29 is 27.1 Å². The lowest BCUT2D eigenvalue weighted by Gasteiger charge is -2.38. The number of ether oxygens (including phenoxy) is 2. The van der Waals surface area contributed by atoms with Crippen molar-refractivity contribution in [1.29, 1.82) is 0 Å². The van der Waals surface area contributed by atoms with Gasteiger partial charge < -0.3 is 30.0 Å². The van der Waals surface area contributed by atoms with Crippen molar-refractivity contribution in [3.05, 3.63) is 89.5 Å². The minimum atomic E-state index is -3.27. The van der Waals surface area contributed by atoms with Crippen molar-refractivity contribution in [2.45, 2.75) is 6.92 Å². The summed E-state index contributed by atoms with van der Waals surface area (Å²) in [6.45, 7) is 6.43. The highest BCUT2D eigenvalue weighted by Gasteiger charge is 2.28. The van der Waals surface area contributed by atoms with E-state index in [0.717, 1.165) is 40.9 Å². The second-order valence-corrected chi connectivity index (χ2v) is 14.0. The Morgan fingerprint density at radius 2 is 1.65 bits per heavy atom. The summed E-state index contributed by atoms with van der Waals surface area (Å²) in [5.41, 5.74) is 11.3. The van der Waals surface area contributed by atoms with Crippen molar-refractivity contribution >= 4 is 43.9 Å². The smallest absolute Gasteiger partial charge is 0.214 e. The molecular weight excluding hydrogens is 637 g/mol. The number of nitrogen functional groups attached to an aromatic ring is 1. The molecule has 5 aromatic rings. The number of anilines is 3. The molecular formula is C34H36FN7O5S. The minimum Gasteiger partial charge on any atom is -0.454 e. The number of rotatable bonds is 8. The lowest BCUT2D eigenvalue weighted by Crippen LogP contribution is -2.49. The Morgan fingerprint density at radius 3 is 2.35 bits per heavy atom. The number of benzene rings is 3. The van der Waals surface area contributed by atoms with Gasteiger partial charge in [-0.1, -0.05) is 12.1 Å². The van der Waals surface area contributed by atoms with Crippen LogP contribution < -0.4 is 20.3 Å². The van der Waals surface area contributed by atoms with Crippen LogP contribution in [0, 0.1) is 12.7 Å².